The molecule has 0 radical (unpaired) electrons. The molecule has 1 atom stereocenters. The minimum atomic E-state index is -0.347. The van der Waals surface area contributed by atoms with Crippen LogP contribution in [0.25, 0.3) is 22.2 Å². The molecule has 4 aromatic rings. The lowest BCUT2D eigenvalue weighted by molar-refractivity contribution is -0.117. The Labute approximate surface area is 236 Å². The van der Waals surface area contributed by atoms with Crippen molar-refractivity contribution in [2.24, 2.45) is 5.92 Å². The zero-order valence-electron chi connectivity index (χ0n) is 22.5. The number of benzene rings is 2. The summed E-state index contributed by atoms with van der Waals surface area (Å²) in [5.41, 5.74) is 5.40. The summed E-state index contributed by atoms with van der Waals surface area (Å²) < 4.78 is 19.5. The first-order valence-electron chi connectivity index (χ1n) is 13.7. The second-order valence-electron chi connectivity index (χ2n) is 10.5. The Bertz CT molecular complexity index is 1640. The predicted molar refractivity (Wildman–Crippen MR) is 152 cm³/mol. The number of aromatic nitrogens is 2. The molecule has 2 aliphatic rings. The zero-order valence-corrected chi connectivity index (χ0v) is 22.5. The molecule has 41 heavy (non-hydrogen) atoms. The fourth-order valence-corrected chi connectivity index (χ4v) is 5.06. The van der Waals surface area contributed by atoms with E-state index in [0.29, 0.717) is 59.0 Å². The van der Waals surface area contributed by atoms with E-state index in [1.807, 2.05) is 19.1 Å². The number of aliphatic hydroxyl groups excluding tert-OH is 1. The van der Waals surface area contributed by atoms with Crippen LogP contribution in [0.3, 0.4) is 0 Å². The molecule has 2 aromatic heterocycles. The molecular weight excluding hydrogens is 525 g/mol. The van der Waals surface area contributed by atoms with Crippen LogP contribution in [0.2, 0.25) is 0 Å². The molecule has 1 aliphatic carbocycles. The van der Waals surface area contributed by atoms with E-state index in [1.165, 1.54) is 12.1 Å². The minimum Gasteiger partial charge on any atom is -0.489 e. The largest absolute Gasteiger partial charge is 0.489 e. The van der Waals surface area contributed by atoms with Crippen molar-refractivity contribution in [3.8, 4) is 17.0 Å². The number of carbonyl (C=O) groups excluding carboxylic acids is 2. The Balaban J connectivity index is 1.22. The number of carbonyl (C=O) groups is 2. The van der Waals surface area contributed by atoms with Gasteiger partial charge in [-0.2, -0.15) is 0 Å². The number of hydrogen-bond acceptors (Lipinski definition) is 7. The van der Waals surface area contributed by atoms with E-state index in [-0.39, 0.29) is 36.3 Å². The van der Waals surface area contributed by atoms with Crippen molar-refractivity contribution in [1.82, 2.24) is 20.6 Å². The van der Waals surface area contributed by atoms with E-state index in [0.717, 1.165) is 29.4 Å². The quantitative estimate of drug-likeness (QED) is 0.230. The Morgan fingerprint density at radius 1 is 1.12 bits per heavy atom. The molecule has 3 heterocycles. The van der Waals surface area contributed by atoms with E-state index < -0.39 is 0 Å². The van der Waals surface area contributed by atoms with Gasteiger partial charge < -0.3 is 20.5 Å². The lowest BCUT2D eigenvalue weighted by Crippen LogP contribution is -2.26. The number of aliphatic hydroxyl groups is 1. The maximum Gasteiger partial charge on any atom is 0.251 e. The number of anilines is 1. The van der Waals surface area contributed by atoms with Crippen molar-refractivity contribution in [1.29, 1.82) is 0 Å². The number of pyridine rings is 2. The summed E-state index contributed by atoms with van der Waals surface area (Å²) in [5.74, 6) is -0.0662. The standard InChI is InChI=1S/C31H30FN5O4/c1-17-10-20-11-21(12-25(27(20)34-14-17)37-31(40)19-2-3-19)30(39)33-9-8-23-13-24-26(35-16-38)15-41-29(24)28(36-23)18-4-6-22(32)7-5-18/h4-7,10-14,19,26,35,38H,2-3,8-9,15-16H2,1H3,(H,33,39)(H,37,40)/t26-/m1/s1. The highest BCUT2D eigenvalue weighted by molar-refractivity contribution is 6.06. The van der Waals surface area contributed by atoms with E-state index in [2.05, 4.69) is 20.9 Å². The monoisotopic (exact) mass is 555 g/mol. The van der Waals surface area contributed by atoms with Crippen LogP contribution in [0.4, 0.5) is 10.1 Å². The Morgan fingerprint density at radius 2 is 1.93 bits per heavy atom. The number of nitrogens with one attached hydrogen (secondary N) is 3. The first-order valence-corrected chi connectivity index (χ1v) is 13.7. The number of nitrogens with zero attached hydrogens (tertiary/aromatic N) is 2. The maximum absolute atomic E-state index is 13.6. The normalized spacial score (nSPS) is 15.8. The molecule has 2 aromatic carbocycles. The molecule has 6 rings (SSSR count). The lowest BCUT2D eigenvalue weighted by atomic mass is 10.0. The van der Waals surface area contributed by atoms with Crippen LogP contribution in [-0.4, -0.2) is 46.8 Å². The summed E-state index contributed by atoms with van der Waals surface area (Å²) in [7, 11) is 0. The topological polar surface area (TPSA) is 125 Å². The molecule has 0 unspecified atom stereocenters. The fraction of sp³-hybridized carbons (Fsp3) is 0.290. The molecule has 0 bridgehead atoms. The first-order chi connectivity index (χ1) is 19.9. The number of amides is 2. The average Bonchev–Trinajstić information content (AvgIpc) is 3.74. The predicted octanol–water partition coefficient (Wildman–Crippen LogP) is 4.04. The summed E-state index contributed by atoms with van der Waals surface area (Å²) in [6.07, 6.45) is 3.92. The third kappa shape index (κ3) is 5.75. The highest BCUT2D eigenvalue weighted by Gasteiger charge is 2.30. The minimum absolute atomic E-state index is 0.0187. The van der Waals surface area contributed by atoms with E-state index >= 15 is 0 Å². The van der Waals surface area contributed by atoms with E-state index in [1.54, 1.807) is 30.5 Å². The van der Waals surface area contributed by atoms with Crippen LogP contribution in [0, 0.1) is 18.7 Å². The van der Waals surface area contributed by atoms with Crippen molar-refractivity contribution < 1.29 is 23.8 Å². The number of halogens is 1. The van der Waals surface area contributed by atoms with Gasteiger partial charge in [0.15, 0.2) is 5.75 Å². The molecule has 0 spiro atoms. The Morgan fingerprint density at radius 3 is 2.68 bits per heavy atom. The first kappa shape index (κ1) is 26.8. The number of rotatable bonds is 9. The van der Waals surface area contributed by atoms with Crippen molar-refractivity contribution >= 4 is 28.4 Å². The molecule has 1 aliphatic heterocycles. The summed E-state index contributed by atoms with van der Waals surface area (Å²) >= 11 is 0. The van der Waals surface area contributed by atoms with Crippen molar-refractivity contribution in [3.05, 3.63) is 82.9 Å². The highest BCUT2D eigenvalue weighted by Crippen LogP contribution is 2.40. The number of aryl methyl sites for hydroxylation is 1. The SMILES string of the molecule is Cc1cnc2c(NC(=O)C3CC3)cc(C(=O)NCCc3cc4c(c(-c5ccc(F)cc5)n3)OC[C@H]4NCO)cc2c1. The van der Waals surface area contributed by atoms with Gasteiger partial charge in [0.1, 0.15) is 18.1 Å². The molecule has 1 fully saturated rings. The lowest BCUT2D eigenvalue weighted by Gasteiger charge is -2.14. The second-order valence-corrected chi connectivity index (χ2v) is 10.5. The van der Waals surface area contributed by atoms with Crippen molar-refractivity contribution in [2.75, 3.05) is 25.2 Å². The summed E-state index contributed by atoms with van der Waals surface area (Å²) in [6.45, 7) is 2.36. The van der Waals surface area contributed by atoms with Gasteiger partial charge in [0, 0.05) is 52.9 Å². The van der Waals surface area contributed by atoms with Crippen LogP contribution in [0.1, 0.15) is 46.1 Å². The maximum atomic E-state index is 13.6. The third-order valence-corrected chi connectivity index (χ3v) is 7.33. The smallest absolute Gasteiger partial charge is 0.251 e. The molecule has 0 saturated heterocycles. The third-order valence-electron chi connectivity index (χ3n) is 7.33. The number of fused-ring (bicyclic) bond motifs is 2. The molecule has 10 heteroatoms. The molecule has 9 nitrogen and oxygen atoms in total. The van der Waals surface area contributed by atoms with Crippen LogP contribution in [0.5, 0.6) is 5.75 Å². The van der Waals surface area contributed by atoms with Gasteiger partial charge in [-0.15, -0.1) is 0 Å². The van der Waals surface area contributed by atoms with Crippen LogP contribution in [-0.2, 0) is 11.2 Å². The van der Waals surface area contributed by atoms with Gasteiger partial charge in [0.05, 0.1) is 24.0 Å². The van der Waals surface area contributed by atoms with Gasteiger partial charge in [0.25, 0.3) is 5.91 Å². The summed E-state index contributed by atoms with van der Waals surface area (Å²) in [6, 6.07) is 13.1. The van der Waals surface area contributed by atoms with E-state index in [9.17, 15) is 19.1 Å². The molecular formula is C31H30FN5O4. The summed E-state index contributed by atoms with van der Waals surface area (Å²) in [4.78, 5) is 35.0. The number of ether oxygens (including phenoxy) is 1. The van der Waals surface area contributed by atoms with Gasteiger partial charge in [-0.05, 0) is 73.9 Å². The highest BCUT2D eigenvalue weighted by atomic mass is 19.1. The number of hydrogen-bond donors (Lipinski definition) is 4. The van der Waals surface area contributed by atoms with Gasteiger partial charge in [-0.3, -0.25) is 19.9 Å². The molecule has 4 N–H and O–H groups in total. The van der Waals surface area contributed by atoms with Crippen molar-refractivity contribution in [2.45, 2.75) is 32.2 Å². The average molecular weight is 556 g/mol. The molecule has 1 saturated carbocycles. The Kier molecular flexibility index (Phi) is 7.34. The van der Waals surface area contributed by atoms with Crippen LogP contribution < -0.4 is 20.7 Å². The zero-order chi connectivity index (χ0) is 28.5. The van der Waals surface area contributed by atoms with Crippen LogP contribution in [0.15, 0.2) is 54.7 Å². The van der Waals surface area contributed by atoms with E-state index in [4.69, 9.17) is 9.72 Å². The van der Waals surface area contributed by atoms with Gasteiger partial charge >= 0.3 is 0 Å². The fourth-order valence-electron chi connectivity index (χ4n) is 5.06. The second kappa shape index (κ2) is 11.2. The molecule has 2 amide bonds. The summed E-state index contributed by atoms with van der Waals surface area (Å²) in [5, 5.41) is 19.1. The van der Waals surface area contributed by atoms with Gasteiger partial charge in [0.2, 0.25) is 5.91 Å². The van der Waals surface area contributed by atoms with Crippen molar-refractivity contribution in [3.63, 3.8) is 0 Å². The van der Waals surface area contributed by atoms with Gasteiger partial charge in [-0.1, -0.05) is 0 Å². The Hall–Kier alpha value is -4.41. The van der Waals surface area contributed by atoms with Crippen LogP contribution >= 0.6 is 0 Å². The molecule has 210 valence electrons. The van der Waals surface area contributed by atoms with Gasteiger partial charge in [-0.25, -0.2) is 9.37 Å².